The molecule has 2 aromatic carbocycles. The average molecular weight is 424 g/mol. The van der Waals surface area contributed by atoms with Crippen LogP contribution in [0.15, 0.2) is 48.7 Å². The minimum absolute atomic E-state index is 0. The summed E-state index contributed by atoms with van der Waals surface area (Å²) in [6.07, 6.45) is 0.861. The molecule has 0 aliphatic carbocycles. The van der Waals surface area contributed by atoms with Crippen LogP contribution in [0.2, 0.25) is 0 Å². The summed E-state index contributed by atoms with van der Waals surface area (Å²) in [4.78, 5) is 12.8. The van der Waals surface area contributed by atoms with Gasteiger partial charge in [-0.05, 0) is 42.8 Å². The number of amides is 1. The summed E-state index contributed by atoms with van der Waals surface area (Å²) in [7, 11) is 0. The van der Waals surface area contributed by atoms with Crippen LogP contribution in [0.4, 0.5) is 13.2 Å². The normalized spacial score (nSPS) is 19.0. The van der Waals surface area contributed by atoms with E-state index in [0.29, 0.717) is 25.0 Å². The maximum Gasteiger partial charge on any atom is 0.253 e. The van der Waals surface area contributed by atoms with Crippen LogP contribution in [0.3, 0.4) is 0 Å². The molecule has 1 aliphatic heterocycles. The van der Waals surface area contributed by atoms with Gasteiger partial charge in [-0.3, -0.25) is 4.79 Å². The number of nitrogens with one attached hydrogen (secondary N) is 2. The summed E-state index contributed by atoms with van der Waals surface area (Å²) in [5, 5.41) is 5.84. The Labute approximate surface area is 172 Å². The monoisotopic (exact) mass is 423 g/mol. The molecule has 0 unspecified atom stereocenters. The van der Waals surface area contributed by atoms with Gasteiger partial charge in [0.2, 0.25) is 0 Å². The van der Waals surface area contributed by atoms with Crippen LogP contribution in [0.1, 0.15) is 22.3 Å². The SMILES string of the molecule is Cl.O=C(N[C@H]1CCNC[C@H]1F)c1cn(Cc2ccc(F)cc2)c2cccc(F)c12. The van der Waals surface area contributed by atoms with E-state index < -0.39 is 23.9 Å². The first kappa shape index (κ1) is 21.2. The molecule has 4 nitrogen and oxygen atoms in total. The van der Waals surface area contributed by atoms with Gasteiger partial charge in [-0.2, -0.15) is 0 Å². The Hall–Kier alpha value is -2.51. The smallest absolute Gasteiger partial charge is 0.253 e. The molecule has 154 valence electrons. The number of nitrogens with zero attached hydrogens (tertiary/aromatic N) is 1. The van der Waals surface area contributed by atoms with Gasteiger partial charge in [0, 0.05) is 24.7 Å². The van der Waals surface area contributed by atoms with E-state index in [0.717, 1.165) is 5.56 Å². The third-order valence-corrected chi connectivity index (χ3v) is 5.09. The largest absolute Gasteiger partial charge is 0.346 e. The topological polar surface area (TPSA) is 46.1 Å². The first-order valence-corrected chi connectivity index (χ1v) is 9.20. The van der Waals surface area contributed by atoms with Crippen molar-refractivity contribution in [3.63, 3.8) is 0 Å². The van der Waals surface area contributed by atoms with E-state index in [-0.39, 0.29) is 35.7 Å². The van der Waals surface area contributed by atoms with Crippen molar-refractivity contribution >= 4 is 29.2 Å². The van der Waals surface area contributed by atoms with Crippen LogP contribution in [0, 0.1) is 11.6 Å². The van der Waals surface area contributed by atoms with Gasteiger partial charge in [-0.15, -0.1) is 12.4 Å². The molecule has 3 aromatic rings. The van der Waals surface area contributed by atoms with E-state index in [9.17, 15) is 18.0 Å². The molecule has 8 heteroatoms. The lowest BCUT2D eigenvalue weighted by atomic mass is 10.0. The van der Waals surface area contributed by atoms with Crippen molar-refractivity contribution in [2.24, 2.45) is 0 Å². The molecule has 1 fully saturated rings. The molecule has 2 atom stereocenters. The summed E-state index contributed by atoms with van der Waals surface area (Å²) < 4.78 is 43.5. The first-order valence-electron chi connectivity index (χ1n) is 9.20. The number of halogens is 4. The van der Waals surface area contributed by atoms with Gasteiger partial charge in [0.25, 0.3) is 5.91 Å². The van der Waals surface area contributed by atoms with Crippen molar-refractivity contribution in [3.8, 4) is 0 Å². The molecule has 2 N–H and O–H groups in total. The van der Waals surface area contributed by atoms with E-state index in [1.54, 1.807) is 35.0 Å². The molecule has 1 aliphatic rings. The van der Waals surface area contributed by atoms with Gasteiger partial charge in [0.1, 0.15) is 17.8 Å². The number of carbonyl (C=O) groups excluding carboxylic acids is 1. The number of hydrogen-bond donors (Lipinski definition) is 2. The van der Waals surface area contributed by atoms with Crippen molar-refractivity contribution in [1.29, 1.82) is 0 Å². The quantitative estimate of drug-likeness (QED) is 0.670. The molecule has 1 aromatic heterocycles. The highest BCUT2D eigenvalue weighted by Crippen LogP contribution is 2.26. The minimum Gasteiger partial charge on any atom is -0.346 e. The van der Waals surface area contributed by atoms with Crippen molar-refractivity contribution in [1.82, 2.24) is 15.2 Å². The molecule has 0 radical (unpaired) electrons. The summed E-state index contributed by atoms with van der Waals surface area (Å²) in [6.45, 7) is 1.16. The number of aromatic nitrogens is 1. The lowest BCUT2D eigenvalue weighted by molar-refractivity contribution is 0.0893. The second-order valence-electron chi connectivity index (χ2n) is 7.02. The number of benzene rings is 2. The molecule has 29 heavy (non-hydrogen) atoms. The van der Waals surface area contributed by atoms with Crippen LogP contribution in [-0.4, -0.2) is 35.8 Å². The molecule has 1 saturated heterocycles. The number of piperidine rings is 1. The first-order chi connectivity index (χ1) is 13.5. The van der Waals surface area contributed by atoms with E-state index in [2.05, 4.69) is 10.6 Å². The van der Waals surface area contributed by atoms with E-state index >= 15 is 0 Å². The molecule has 4 rings (SSSR count). The zero-order valence-electron chi connectivity index (χ0n) is 15.5. The molecule has 2 heterocycles. The van der Waals surface area contributed by atoms with E-state index in [1.165, 1.54) is 18.2 Å². The fourth-order valence-corrected chi connectivity index (χ4v) is 3.63. The maximum atomic E-state index is 14.5. The highest BCUT2D eigenvalue weighted by atomic mass is 35.5. The van der Waals surface area contributed by atoms with Crippen LogP contribution < -0.4 is 10.6 Å². The van der Waals surface area contributed by atoms with Crippen molar-refractivity contribution in [2.75, 3.05) is 13.1 Å². The Kier molecular flexibility index (Phi) is 6.49. The average Bonchev–Trinajstić information content (AvgIpc) is 3.05. The standard InChI is InChI=1S/C21H20F3N3O.ClH/c22-14-6-4-13(5-7-14)11-27-12-15(20-16(23)2-1-3-19(20)27)21(28)26-18-8-9-25-10-17(18)24;/h1-7,12,17-18,25H,8-11H2,(H,26,28);1H/t17-,18+;/m1./s1. The van der Waals surface area contributed by atoms with Gasteiger partial charge < -0.3 is 15.2 Å². The molecule has 0 spiro atoms. The Morgan fingerprint density at radius 2 is 1.93 bits per heavy atom. The minimum atomic E-state index is -1.19. The van der Waals surface area contributed by atoms with Gasteiger partial charge in [0.15, 0.2) is 0 Å². The highest BCUT2D eigenvalue weighted by Gasteiger charge is 2.28. The van der Waals surface area contributed by atoms with Gasteiger partial charge >= 0.3 is 0 Å². The molecule has 0 saturated carbocycles. The molecule has 1 amide bonds. The van der Waals surface area contributed by atoms with Crippen LogP contribution in [0.5, 0.6) is 0 Å². The van der Waals surface area contributed by atoms with Gasteiger partial charge in [0.05, 0.1) is 17.1 Å². The Morgan fingerprint density at radius 3 is 2.66 bits per heavy atom. The highest BCUT2D eigenvalue weighted by molar-refractivity contribution is 6.07. The molecular formula is C21H21ClF3N3O. The fraction of sp³-hybridized carbons (Fsp3) is 0.286. The molecule has 0 bridgehead atoms. The van der Waals surface area contributed by atoms with Gasteiger partial charge in [-0.1, -0.05) is 18.2 Å². The second-order valence-corrected chi connectivity index (χ2v) is 7.02. The predicted molar refractivity (Wildman–Crippen MR) is 108 cm³/mol. The second kappa shape index (κ2) is 8.88. The fourth-order valence-electron chi connectivity index (χ4n) is 3.63. The van der Waals surface area contributed by atoms with Crippen LogP contribution in [-0.2, 0) is 6.54 Å². The van der Waals surface area contributed by atoms with Crippen molar-refractivity contribution in [3.05, 3.63) is 71.4 Å². The summed E-state index contributed by atoms with van der Waals surface area (Å²) in [5.74, 6) is -1.35. The maximum absolute atomic E-state index is 14.5. The Bertz CT molecular complexity index is 1010. The number of rotatable bonds is 4. The predicted octanol–water partition coefficient (Wildman–Crippen LogP) is 3.82. The number of alkyl halides is 1. The summed E-state index contributed by atoms with van der Waals surface area (Å²) >= 11 is 0. The number of carbonyl (C=O) groups is 1. The van der Waals surface area contributed by atoms with E-state index in [4.69, 9.17) is 0 Å². The summed E-state index contributed by atoms with van der Waals surface area (Å²) in [5.41, 5.74) is 1.54. The van der Waals surface area contributed by atoms with Crippen molar-refractivity contribution < 1.29 is 18.0 Å². The molecular weight excluding hydrogens is 403 g/mol. The third kappa shape index (κ3) is 4.41. The Balaban J connectivity index is 0.00000240. The lowest BCUT2D eigenvalue weighted by Gasteiger charge is -2.27. The lowest BCUT2D eigenvalue weighted by Crippen LogP contribution is -2.50. The zero-order valence-corrected chi connectivity index (χ0v) is 16.3. The zero-order chi connectivity index (χ0) is 19.7. The van der Waals surface area contributed by atoms with Crippen LogP contribution >= 0.6 is 12.4 Å². The summed E-state index contributed by atoms with van der Waals surface area (Å²) in [6, 6.07) is 9.99. The van der Waals surface area contributed by atoms with Crippen molar-refractivity contribution in [2.45, 2.75) is 25.2 Å². The van der Waals surface area contributed by atoms with Gasteiger partial charge in [-0.25, -0.2) is 13.2 Å². The van der Waals surface area contributed by atoms with Crippen LogP contribution in [0.25, 0.3) is 10.9 Å². The van der Waals surface area contributed by atoms with E-state index in [1.807, 2.05) is 0 Å². The number of hydrogen-bond acceptors (Lipinski definition) is 2. The number of fused-ring (bicyclic) bond motifs is 1. The third-order valence-electron chi connectivity index (χ3n) is 5.09. The Morgan fingerprint density at radius 1 is 1.17 bits per heavy atom.